The molecule has 4 rings (SSSR count). The van der Waals surface area contributed by atoms with Gasteiger partial charge in [0, 0.05) is 5.38 Å². The van der Waals surface area contributed by atoms with E-state index < -0.39 is 5.54 Å². The second-order valence-corrected chi connectivity index (χ2v) is 8.40. The molecule has 3 aromatic heterocycles. The van der Waals surface area contributed by atoms with Gasteiger partial charge in [0.15, 0.2) is 5.82 Å². The van der Waals surface area contributed by atoms with Crippen LogP contribution in [0, 0.1) is 0 Å². The topological polar surface area (TPSA) is 77.8 Å². The van der Waals surface area contributed by atoms with Crippen LogP contribution >= 0.6 is 38.6 Å². The van der Waals surface area contributed by atoms with E-state index >= 15 is 0 Å². The van der Waals surface area contributed by atoms with Gasteiger partial charge in [0.1, 0.15) is 10.7 Å². The molecule has 0 saturated heterocycles. The van der Waals surface area contributed by atoms with Crippen molar-refractivity contribution in [1.82, 2.24) is 15.1 Å². The van der Waals surface area contributed by atoms with Gasteiger partial charge >= 0.3 is 0 Å². The first-order chi connectivity index (χ1) is 10.1. The number of thiophene rings is 1. The van der Waals surface area contributed by atoms with E-state index in [9.17, 15) is 0 Å². The second-order valence-electron chi connectivity index (χ2n) is 5.07. The van der Waals surface area contributed by atoms with Crippen LogP contribution in [-0.2, 0) is 5.54 Å². The summed E-state index contributed by atoms with van der Waals surface area (Å²) in [6, 6.07) is 4.06. The van der Waals surface area contributed by atoms with E-state index in [2.05, 4.69) is 31.1 Å². The minimum Gasteiger partial charge on any atom is -0.332 e. The molecule has 1 aliphatic carbocycles. The van der Waals surface area contributed by atoms with Crippen molar-refractivity contribution in [2.24, 2.45) is 5.73 Å². The summed E-state index contributed by atoms with van der Waals surface area (Å²) in [7, 11) is 0. The highest BCUT2D eigenvalue weighted by atomic mass is 79.9. The lowest BCUT2D eigenvalue weighted by molar-refractivity contribution is 0.229. The molecule has 1 saturated carbocycles. The molecule has 0 spiro atoms. The van der Waals surface area contributed by atoms with E-state index in [-0.39, 0.29) is 0 Å². The fourth-order valence-corrected chi connectivity index (χ4v) is 4.48. The fourth-order valence-electron chi connectivity index (χ4n) is 2.23. The van der Waals surface area contributed by atoms with Crippen LogP contribution in [0.25, 0.3) is 21.5 Å². The average Bonchev–Trinajstić information content (AvgIpc) is 3.14. The summed E-state index contributed by atoms with van der Waals surface area (Å²) in [6.07, 6.45) is 2.95. The Labute approximate surface area is 137 Å². The van der Waals surface area contributed by atoms with Gasteiger partial charge in [-0.1, -0.05) is 5.16 Å². The molecular formula is C13H11BrN4OS2. The third kappa shape index (κ3) is 2.36. The molecule has 21 heavy (non-hydrogen) atoms. The van der Waals surface area contributed by atoms with Crippen LogP contribution in [0.4, 0.5) is 0 Å². The third-order valence-electron chi connectivity index (χ3n) is 3.62. The number of nitrogens with two attached hydrogens (primary N) is 1. The predicted molar refractivity (Wildman–Crippen MR) is 86.1 cm³/mol. The first-order valence-corrected chi connectivity index (χ1v) is 8.98. The molecule has 3 heterocycles. The van der Waals surface area contributed by atoms with E-state index in [1.165, 1.54) is 0 Å². The highest BCUT2D eigenvalue weighted by Crippen LogP contribution is 2.38. The standard InChI is InChI=1S/C13H11BrN4OS2/c14-9-3-2-8(21-9)11-16-7(6-20-11)10-17-12(18-19-10)13(15)4-1-5-13/h2-3,6H,1,4-5,15H2. The third-order valence-corrected chi connectivity index (χ3v) is 6.26. The number of halogens is 1. The average molecular weight is 383 g/mol. The van der Waals surface area contributed by atoms with E-state index in [0.717, 1.165) is 32.9 Å². The van der Waals surface area contributed by atoms with Crippen molar-refractivity contribution < 1.29 is 4.52 Å². The van der Waals surface area contributed by atoms with Crippen LogP contribution in [0.3, 0.4) is 0 Å². The summed E-state index contributed by atoms with van der Waals surface area (Å²) in [4.78, 5) is 10.1. The summed E-state index contributed by atoms with van der Waals surface area (Å²) in [5.41, 5.74) is 6.51. The van der Waals surface area contributed by atoms with Gasteiger partial charge in [0.05, 0.1) is 14.2 Å². The van der Waals surface area contributed by atoms with Gasteiger partial charge in [-0.15, -0.1) is 22.7 Å². The van der Waals surface area contributed by atoms with E-state index in [0.29, 0.717) is 17.4 Å². The molecule has 8 heteroatoms. The highest BCUT2D eigenvalue weighted by Gasteiger charge is 2.39. The van der Waals surface area contributed by atoms with Crippen molar-refractivity contribution in [3.8, 4) is 21.5 Å². The molecule has 0 aromatic carbocycles. The Morgan fingerprint density at radius 1 is 1.29 bits per heavy atom. The van der Waals surface area contributed by atoms with Gasteiger partial charge in [-0.25, -0.2) is 4.98 Å². The zero-order chi connectivity index (χ0) is 14.4. The van der Waals surface area contributed by atoms with Gasteiger partial charge in [-0.3, -0.25) is 0 Å². The molecule has 0 atom stereocenters. The maximum absolute atomic E-state index is 6.21. The van der Waals surface area contributed by atoms with E-state index in [1.807, 2.05) is 17.5 Å². The molecular weight excluding hydrogens is 372 g/mol. The van der Waals surface area contributed by atoms with Crippen LogP contribution in [0.5, 0.6) is 0 Å². The van der Waals surface area contributed by atoms with Crippen LogP contribution in [0.15, 0.2) is 25.8 Å². The summed E-state index contributed by atoms with van der Waals surface area (Å²) in [6.45, 7) is 0. The largest absolute Gasteiger partial charge is 0.332 e. The Morgan fingerprint density at radius 3 is 2.81 bits per heavy atom. The molecule has 0 radical (unpaired) electrons. The van der Waals surface area contributed by atoms with Crippen LogP contribution in [0.2, 0.25) is 0 Å². The number of thiazole rings is 1. The lowest BCUT2D eigenvalue weighted by atomic mass is 9.77. The minimum atomic E-state index is -0.404. The first kappa shape index (κ1) is 13.6. The molecule has 108 valence electrons. The molecule has 0 amide bonds. The van der Waals surface area contributed by atoms with Crippen molar-refractivity contribution in [3.63, 3.8) is 0 Å². The molecule has 5 nitrogen and oxygen atoms in total. The highest BCUT2D eigenvalue weighted by molar-refractivity contribution is 9.11. The van der Waals surface area contributed by atoms with Gasteiger partial charge in [0.25, 0.3) is 5.89 Å². The summed E-state index contributed by atoms with van der Waals surface area (Å²) in [5, 5.41) is 6.91. The zero-order valence-corrected chi connectivity index (χ0v) is 14.1. The normalized spacial score (nSPS) is 16.9. The van der Waals surface area contributed by atoms with Gasteiger partial charge in [0.2, 0.25) is 0 Å². The predicted octanol–water partition coefficient (Wildman–Crippen LogP) is 4.02. The lowest BCUT2D eigenvalue weighted by Gasteiger charge is -2.34. The Bertz CT molecular complexity index is 790. The number of nitrogens with zero attached hydrogens (tertiary/aromatic N) is 3. The molecule has 0 aliphatic heterocycles. The fraction of sp³-hybridized carbons (Fsp3) is 0.308. The molecule has 0 bridgehead atoms. The SMILES string of the molecule is NC1(c2noc(-c3csc(-c4ccc(Br)s4)n3)n2)CCC1. The second kappa shape index (κ2) is 4.98. The molecule has 2 N–H and O–H groups in total. The monoisotopic (exact) mass is 382 g/mol. The van der Waals surface area contributed by atoms with Crippen LogP contribution < -0.4 is 5.73 Å². The number of rotatable bonds is 3. The van der Waals surface area contributed by atoms with Gasteiger partial charge in [-0.2, -0.15) is 4.98 Å². The Morgan fingerprint density at radius 2 is 2.14 bits per heavy atom. The van der Waals surface area contributed by atoms with Crippen LogP contribution in [-0.4, -0.2) is 15.1 Å². The maximum Gasteiger partial charge on any atom is 0.277 e. The molecule has 1 fully saturated rings. The molecule has 3 aromatic rings. The number of hydrogen-bond acceptors (Lipinski definition) is 7. The lowest BCUT2D eigenvalue weighted by Crippen LogP contribution is -2.44. The summed E-state index contributed by atoms with van der Waals surface area (Å²) in [5.74, 6) is 1.04. The van der Waals surface area contributed by atoms with E-state index in [4.69, 9.17) is 10.3 Å². The van der Waals surface area contributed by atoms with Gasteiger partial charge < -0.3 is 10.3 Å². The van der Waals surface area contributed by atoms with E-state index in [1.54, 1.807) is 22.7 Å². The molecule has 1 aliphatic rings. The van der Waals surface area contributed by atoms with Crippen molar-refractivity contribution in [3.05, 3.63) is 27.1 Å². The van der Waals surface area contributed by atoms with Gasteiger partial charge in [-0.05, 0) is 47.3 Å². The zero-order valence-electron chi connectivity index (χ0n) is 10.9. The Balaban J connectivity index is 1.64. The van der Waals surface area contributed by atoms with Crippen molar-refractivity contribution >= 4 is 38.6 Å². The minimum absolute atomic E-state index is 0.404. The smallest absolute Gasteiger partial charge is 0.277 e. The first-order valence-electron chi connectivity index (χ1n) is 6.49. The van der Waals surface area contributed by atoms with Crippen molar-refractivity contribution in [2.45, 2.75) is 24.8 Å². The maximum atomic E-state index is 6.21. The quantitative estimate of drug-likeness (QED) is 0.739. The number of aromatic nitrogens is 3. The number of hydrogen-bond donors (Lipinski definition) is 1. The van der Waals surface area contributed by atoms with Crippen LogP contribution in [0.1, 0.15) is 25.1 Å². The Hall–Kier alpha value is -1.09. The summed E-state index contributed by atoms with van der Waals surface area (Å²) < 4.78 is 6.41. The van der Waals surface area contributed by atoms with Crippen molar-refractivity contribution in [1.29, 1.82) is 0 Å². The summed E-state index contributed by atoms with van der Waals surface area (Å²) >= 11 is 6.68. The Kier molecular flexibility index (Phi) is 3.21. The molecule has 0 unspecified atom stereocenters. The van der Waals surface area contributed by atoms with Crippen molar-refractivity contribution in [2.75, 3.05) is 0 Å².